The van der Waals surface area contributed by atoms with E-state index in [9.17, 15) is 9.59 Å². The monoisotopic (exact) mass is 316 g/mol. The van der Waals surface area contributed by atoms with Gasteiger partial charge in [-0.05, 0) is 58.1 Å². The van der Waals surface area contributed by atoms with Gasteiger partial charge in [0.25, 0.3) is 0 Å². The average molecular weight is 316 g/mol. The predicted octanol–water partition coefficient (Wildman–Crippen LogP) is 4.59. The number of ether oxygens (including phenoxy) is 1. The molecule has 0 heterocycles. The number of rotatable bonds is 7. The molecule has 1 atom stereocenters. The lowest BCUT2D eigenvalue weighted by atomic mass is 9.76. The highest BCUT2D eigenvalue weighted by atomic mass is 16.6. The molecule has 0 aliphatic rings. The van der Waals surface area contributed by atoms with Crippen LogP contribution in [0.3, 0.4) is 0 Å². The lowest BCUT2D eigenvalue weighted by Gasteiger charge is -2.31. The van der Waals surface area contributed by atoms with Gasteiger partial charge in [-0.15, -0.1) is 0 Å². The quantitative estimate of drug-likeness (QED) is 0.546. The Kier molecular flexibility index (Phi) is 6.31. The Morgan fingerprint density at radius 3 is 2.13 bits per heavy atom. The standard InChI is InChI=1S/C20H28O3/c1-7-16-9-11-17(12-10-16)13-14-20(8-2,15(3)21)18(22)23-19(4,5)6/h7,9-12H,1,8,13-14H2,2-6H3. The number of carbonyl (C=O) groups excluding carboxylic acids is 2. The molecular formula is C20H28O3. The number of aryl methyl sites for hydroxylation is 1. The van der Waals surface area contributed by atoms with Crippen LogP contribution in [0.15, 0.2) is 30.8 Å². The molecule has 0 radical (unpaired) electrons. The number of hydrogen-bond donors (Lipinski definition) is 0. The SMILES string of the molecule is C=Cc1ccc(CCC(CC)(C(C)=O)C(=O)OC(C)(C)C)cc1. The van der Waals surface area contributed by atoms with Gasteiger partial charge in [-0.25, -0.2) is 0 Å². The Labute approximate surface area is 139 Å². The number of Topliss-reactive ketones (excluding diaryl/α,β-unsaturated/α-hetero) is 1. The van der Waals surface area contributed by atoms with Gasteiger partial charge in [-0.3, -0.25) is 9.59 Å². The molecule has 0 aromatic heterocycles. The first-order valence-electron chi connectivity index (χ1n) is 8.10. The van der Waals surface area contributed by atoms with E-state index in [0.717, 1.165) is 11.1 Å². The van der Waals surface area contributed by atoms with E-state index in [1.807, 2.05) is 52.0 Å². The highest BCUT2D eigenvalue weighted by Gasteiger charge is 2.44. The summed E-state index contributed by atoms with van der Waals surface area (Å²) in [5, 5.41) is 0. The van der Waals surface area contributed by atoms with E-state index >= 15 is 0 Å². The minimum atomic E-state index is -1.07. The van der Waals surface area contributed by atoms with Gasteiger partial charge in [0, 0.05) is 0 Å². The molecule has 126 valence electrons. The summed E-state index contributed by atoms with van der Waals surface area (Å²) in [6.07, 6.45) is 3.35. The van der Waals surface area contributed by atoms with Crippen molar-refractivity contribution in [1.29, 1.82) is 0 Å². The molecule has 0 saturated carbocycles. The van der Waals surface area contributed by atoms with Crippen LogP contribution in [-0.4, -0.2) is 17.4 Å². The van der Waals surface area contributed by atoms with Gasteiger partial charge in [-0.1, -0.05) is 43.8 Å². The molecule has 0 aliphatic carbocycles. The fraction of sp³-hybridized carbons (Fsp3) is 0.500. The zero-order valence-electron chi connectivity index (χ0n) is 14.9. The molecule has 0 N–H and O–H groups in total. The third kappa shape index (κ3) is 5.05. The molecule has 3 heteroatoms. The van der Waals surface area contributed by atoms with Crippen molar-refractivity contribution >= 4 is 17.8 Å². The van der Waals surface area contributed by atoms with Gasteiger partial charge in [-0.2, -0.15) is 0 Å². The summed E-state index contributed by atoms with van der Waals surface area (Å²) in [6, 6.07) is 7.98. The van der Waals surface area contributed by atoms with Crippen molar-refractivity contribution < 1.29 is 14.3 Å². The van der Waals surface area contributed by atoms with Crippen LogP contribution in [-0.2, 0) is 20.7 Å². The van der Waals surface area contributed by atoms with Crippen molar-refractivity contribution in [2.45, 2.75) is 59.5 Å². The fourth-order valence-corrected chi connectivity index (χ4v) is 2.55. The summed E-state index contributed by atoms with van der Waals surface area (Å²) in [5.74, 6) is -0.542. The maximum absolute atomic E-state index is 12.6. The summed E-state index contributed by atoms with van der Waals surface area (Å²) in [6.45, 7) is 12.5. The molecule has 23 heavy (non-hydrogen) atoms. The molecule has 1 aromatic carbocycles. The topological polar surface area (TPSA) is 43.4 Å². The maximum Gasteiger partial charge on any atom is 0.320 e. The van der Waals surface area contributed by atoms with Crippen LogP contribution in [0.5, 0.6) is 0 Å². The minimum Gasteiger partial charge on any atom is -0.459 e. The van der Waals surface area contributed by atoms with E-state index < -0.39 is 17.0 Å². The Balaban J connectivity index is 2.95. The van der Waals surface area contributed by atoms with Crippen molar-refractivity contribution in [2.75, 3.05) is 0 Å². The Morgan fingerprint density at radius 2 is 1.74 bits per heavy atom. The predicted molar refractivity (Wildman–Crippen MR) is 94.1 cm³/mol. The molecular weight excluding hydrogens is 288 g/mol. The van der Waals surface area contributed by atoms with Crippen LogP contribution in [0, 0.1) is 5.41 Å². The Hall–Kier alpha value is -1.90. The van der Waals surface area contributed by atoms with Gasteiger partial charge in [0.05, 0.1) is 0 Å². The van der Waals surface area contributed by atoms with E-state index in [1.165, 1.54) is 6.92 Å². The number of hydrogen-bond acceptors (Lipinski definition) is 3. The lowest BCUT2D eigenvalue weighted by Crippen LogP contribution is -2.42. The first kappa shape index (κ1) is 19.1. The zero-order chi connectivity index (χ0) is 17.7. The highest BCUT2D eigenvalue weighted by Crippen LogP contribution is 2.33. The molecule has 0 fully saturated rings. The summed E-state index contributed by atoms with van der Waals surface area (Å²) < 4.78 is 5.51. The first-order valence-corrected chi connectivity index (χ1v) is 8.10. The largest absolute Gasteiger partial charge is 0.459 e. The molecule has 1 unspecified atom stereocenters. The smallest absolute Gasteiger partial charge is 0.320 e. The molecule has 0 saturated heterocycles. The average Bonchev–Trinajstić information content (AvgIpc) is 2.46. The number of ketones is 1. The van der Waals surface area contributed by atoms with E-state index in [1.54, 1.807) is 6.08 Å². The second kappa shape index (κ2) is 7.58. The van der Waals surface area contributed by atoms with Gasteiger partial charge in [0.1, 0.15) is 16.8 Å². The van der Waals surface area contributed by atoms with Gasteiger partial charge in [0.15, 0.2) is 0 Å². The second-order valence-corrected chi connectivity index (χ2v) is 6.94. The molecule has 0 aliphatic heterocycles. The van der Waals surface area contributed by atoms with Crippen LogP contribution in [0.4, 0.5) is 0 Å². The number of carbonyl (C=O) groups is 2. The molecule has 0 bridgehead atoms. The molecule has 3 nitrogen and oxygen atoms in total. The van der Waals surface area contributed by atoms with Gasteiger partial charge >= 0.3 is 5.97 Å². The van der Waals surface area contributed by atoms with Crippen LogP contribution >= 0.6 is 0 Å². The van der Waals surface area contributed by atoms with Crippen molar-refractivity contribution in [3.63, 3.8) is 0 Å². The van der Waals surface area contributed by atoms with Crippen molar-refractivity contribution in [1.82, 2.24) is 0 Å². The number of benzene rings is 1. The highest BCUT2D eigenvalue weighted by molar-refractivity contribution is 6.02. The van der Waals surface area contributed by atoms with Crippen LogP contribution in [0.2, 0.25) is 0 Å². The van der Waals surface area contributed by atoms with Crippen LogP contribution < -0.4 is 0 Å². The third-order valence-corrected chi connectivity index (χ3v) is 4.12. The van der Waals surface area contributed by atoms with E-state index in [0.29, 0.717) is 19.3 Å². The van der Waals surface area contributed by atoms with Crippen molar-refractivity contribution in [2.24, 2.45) is 5.41 Å². The Bertz CT molecular complexity index is 564. The van der Waals surface area contributed by atoms with Crippen molar-refractivity contribution in [3.8, 4) is 0 Å². The summed E-state index contributed by atoms with van der Waals surface area (Å²) in [7, 11) is 0. The lowest BCUT2D eigenvalue weighted by molar-refractivity contribution is -0.170. The third-order valence-electron chi connectivity index (χ3n) is 4.12. The maximum atomic E-state index is 12.6. The second-order valence-electron chi connectivity index (χ2n) is 6.94. The normalized spacial score (nSPS) is 14.0. The van der Waals surface area contributed by atoms with Crippen LogP contribution in [0.25, 0.3) is 6.08 Å². The number of esters is 1. The molecule has 1 aromatic rings. The zero-order valence-corrected chi connectivity index (χ0v) is 14.9. The molecule has 1 rings (SSSR count). The minimum absolute atomic E-state index is 0.128. The summed E-state index contributed by atoms with van der Waals surface area (Å²) in [5.41, 5.74) is 0.482. The first-order chi connectivity index (χ1) is 10.6. The van der Waals surface area contributed by atoms with Crippen LogP contribution in [0.1, 0.15) is 58.6 Å². The summed E-state index contributed by atoms with van der Waals surface area (Å²) >= 11 is 0. The van der Waals surface area contributed by atoms with E-state index in [-0.39, 0.29) is 5.78 Å². The summed E-state index contributed by atoms with van der Waals surface area (Å²) in [4.78, 5) is 24.9. The van der Waals surface area contributed by atoms with Gasteiger partial charge in [0.2, 0.25) is 0 Å². The fourth-order valence-electron chi connectivity index (χ4n) is 2.55. The van der Waals surface area contributed by atoms with E-state index in [2.05, 4.69) is 6.58 Å². The molecule has 0 spiro atoms. The van der Waals surface area contributed by atoms with Crippen molar-refractivity contribution in [3.05, 3.63) is 42.0 Å². The van der Waals surface area contributed by atoms with E-state index in [4.69, 9.17) is 4.74 Å². The Morgan fingerprint density at radius 1 is 1.17 bits per heavy atom. The van der Waals surface area contributed by atoms with Gasteiger partial charge < -0.3 is 4.74 Å². The molecule has 0 amide bonds.